The van der Waals surface area contributed by atoms with Crippen LogP contribution in [-0.4, -0.2) is 8.42 Å². The Morgan fingerprint density at radius 3 is 2.67 bits per heavy atom. The van der Waals surface area contributed by atoms with Crippen molar-refractivity contribution in [1.82, 2.24) is 4.72 Å². The maximum atomic E-state index is 12.6. The molecule has 21 heavy (non-hydrogen) atoms. The average molecular weight is 407 g/mol. The maximum Gasteiger partial charge on any atom is 0.242 e. The molecule has 0 spiro atoms. The van der Waals surface area contributed by atoms with E-state index in [0.717, 1.165) is 22.2 Å². The van der Waals surface area contributed by atoms with Crippen molar-refractivity contribution in [2.75, 3.05) is 0 Å². The molecule has 1 aliphatic carbocycles. The molecular weight excluding hydrogens is 394 g/mol. The Bertz CT molecular complexity index is 742. The minimum Gasteiger partial charge on any atom is -0.207 e. The fourth-order valence-electron chi connectivity index (χ4n) is 2.21. The van der Waals surface area contributed by atoms with Gasteiger partial charge in [0.2, 0.25) is 10.0 Å². The van der Waals surface area contributed by atoms with Crippen molar-refractivity contribution in [3.8, 4) is 0 Å². The Morgan fingerprint density at radius 1 is 1.33 bits per heavy atom. The summed E-state index contributed by atoms with van der Waals surface area (Å²) in [7, 11) is -3.63. The van der Waals surface area contributed by atoms with Crippen molar-refractivity contribution in [2.45, 2.75) is 23.8 Å². The first-order valence-corrected chi connectivity index (χ1v) is 10.0. The largest absolute Gasteiger partial charge is 0.242 e. The zero-order valence-electron chi connectivity index (χ0n) is 10.9. The number of hydrogen-bond donors (Lipinski definition) is 1. The summed E-state index contributed by atoms with van der Waals surface area (Å²) in [4.78, 5) is 1.17. The molecule has 1 aromatic carbocycles. The second kappa shape index (κ2) is 6.01. The van der Waals surface area contributed by atoms with Gasteiger partial charge in [-0.15, -0.1) is 11.3 Å². The highest BCUT2D eigenvalue weighted by atomic mass is 79.9. The van der Waals surface area contributed by atoms with Gasteiger partial charge < -0.3 is 0 Å². The normalized spacial score (nSPS) is 16.9. The molecule has 3 rings (SSSR count). The number of halogens is 2. The van der Waals surface area contributed by atoms with E-state index in [4.69, 9.17) is 11.6 Å². The van der Waals surface area contributed by atoms with E-state index < -0.39 is 10.0 Å². The molecule has 1 aliphatic rings. The van der Waals surface area contributed by atoms with Crippen molar-refractivity contribution in [3.05, 3.63) is 50.1 Å². The Balaban J connectivity index is 1.91. The molecule has 0 aliphatic heterocycles. The third kappa shape index (κ3) is 3.51. The summed E-state index contributed by atoms with van der Waals surface area (Å²) < 4.78 is 28.8. The lowest BCUT2D eigenvalue weighted by molar-refractivity contribution is 0.533. The van der Waals surface area contributed by atoms with Gasteiger partial charge in [0.25, 0.3) is 0 Å². The molecule has 1 fully saturated rings. The number of rotatable bonds is 5. The molecule has 0 saturated heterocycles. The van der Waals surface area contributed by atoms with Gasteiger partial charge in [-0.1, -0.05) is 33.6 Å². The van der Waals surface area contributed by atoms with Crippen molar-refractivity contribution in [2.24, 2.45) is 5.92 Å². The van der Waals surface area contributed by atoms with Gasteiger partial charge in [0.15, 0.2) is 0 Å². The van der Waals surface area contributed by atoms with Gasteiger partial charge in [-0.2, -0.15) is 0 Å². The first-order chi connectivity index (χ1) is 9.97. The van der Waals surface area contributed by atoms with Crippen LogP contribution in [0.2, 0.25) is 5.02 Å². The van der Waals surface area contributed by atoms with Gasteiger partial charge in [0, 0.05) is 9.35 Å². The summed E-state index contributed by atoms with van der Waals surface area (Å²) in [5, 5.41) is 2.18. The number of sulfonamides is 1. The first kappa shape index (κ1) is 15.5. The monoisotopic (exact) mass is 405 g/mol. The Hall–Kier alpha value is -0.400. The van der Waals surface area contributed by atoms with Gasteiger partial charge in [-0.05, 0) is 48.4 Å². The zero-order chi connectivity index (χ0) is 15.0. The van der Waals surface area contributed by atoms with Crippen LogP contribution in [0.15, 0.2) is 45.1 Å². The second-order valence-electron chi connectivity index (χ2n) is 5.03. The van der Waals surface area contributed by atoms with Gasteiger partial charge in [0.05, 0.1) is 11.1 Å². The van der Waals surface area contributed by atoms with Crippen LogP contribution >= 0.6 is 38.9 Å². The topological polar surface area (TPSA) is 46.2 Å². The van der Waals surface area contributed by atoms with Crippen LogP contribution in [-0.2, 0) is 10.0 Å². The van der Waals surface area contributed by atoms with Crippen LogP contribution in [0, 0.1) is 5.92 Å². The second-order valence-corrected chi connectivity index (χ2v) is 9.01. The molecule has 3 nitrogen and oxygen atoms in total. The Kier molecular flexibility index (Phi) is 4.43. The molecule has 1 aromatic heterocycles. The Morgan fingerprint density at radius 2 is 2.10 bits per heavy atom. The number of hydrogen-bond acceptors (Lipinski definition) is 3. The van der Waals surface area contributed by atoms with E-state index in [1.807, 2.05) is 17.5 Å². The quantitative estimate of drug-likeness (QED) is 0.789. The van der Waals surface area contributed by atoms with Crippen LogP contribution in [0.1, 0.15) is 23.8 Å². The van der Waals surface area contributed by atoms with Crippen molar-refractivity contribution >= 4 is 48.9 Å². The zero-order valence-corrected chi connectivity index (χ0v) is 14.9. The molecule has 0 radical (unpaired) electrons. The number of benzene rings is 1. The lowest BCUT2D eigenvalue weighted by Crippen LogP contribution is -2.29. The SMILES string of the molecule is O=S(=O)(N[C@H](c1cccs1)C1CC1)c1ccc(Br)cc1Cl. The van der Waals surface area contributed by atoms with E-state index in [2.05, 4.69) is 20.7 Å². The van der Waals surface area contributed by atoms with Gasteiger partial charge >= 0.3 is 0 Å². The third-order valence-electron chi connectivity index (χ3n) is 3.41. The molecule has 1 saturated carbocycles. The average Bonchev–Trinajstić information content (AvgIpc) is 3.10. The summed E-state index contributed by atoms with van der Waals surface area (Å²) in [5.41, 5.74) is 0. The van der Waals surface area contributed by atoms with Crippen LogP contribution < -0.4 is 4.72 Å². The fraction of sp³-hybridized carbons (Fsp3) is 0.286. The summed E-state index contributed by atoms with van der Waals surface area (Å²) in [6, 6.07) is 8.54. The lowest BCUT2D eigenvalue weighted by Gasteiger charge is -2.17. The first-order valence-electron chi connectivity index (χ1n) is 6.48. The maximum absolute atomic E-state index is 12.6. The highest BCUT2D eigenvalue weighted by Crippen LogP contribution is 2.43. The molecule has 0 amide bonds. The molecule has 1 atom stereocenters. The summed E-state index contributed by atoms with van der Waals surface area (Å²) in [6.45, 7) is 0. The highest BCUT2D eigenvalue weighted by molar-refractivity contribution is 9.10. The molecule has 1 N–H and O–H groups in total. The summed E-state index contributed by atoms with van der Waals surface area (Å²) >= 11 is 10.9. The third-order valence-corrected chi connectivity index (χ3v) is 6.78. The highest BCUT2D eigenvalue weighted by Gasteiger charge is 2.36. The van der Waals surface area contributed by atoms with Gasteiger partial charge in [0.1, 0.15) is 4.90 Å². The van der Waals surface area contributed by atoms with E-state index in [1.165, 1.54) is 6.07 Å². The molecule has 0 unspecified atom stereocenters. The van der Waals surface area contributed by atoms with E-state index in [9.17, 15) is 8.42 Å². The van der Waals surface area contributed by atoms with Crippen LogP contribution in [0.3, 0.4) is 0 Å². The molecule has 0 bridgehead atoms. The predicted molar refractivity (Wildman–Crippen MR) is 89.3 cm³/mol. The van der Waals surface area contributed by atoms with Crippen LogP contribution in [0.25, 0.3) is 0 Å². The number of thiophene rings is 1. The summed E-state index contributed by atoms with van der Waals surface area (Å²) in [5.74, 6) is 0.382. The molecule has 7 heteroatoms. The van der Waals surface area contributed by atoms with Crippen molar-refractivity contribution < 1.29 is 8.42 Å². The van der Waals surface area contributed by atoms with E-state index in [0.29, 0.717) is 5.92 Å². The molecular formula is C14H13BrClNO2S2. The van der Waals surface area contributed by atoms with E-state index >= 15 is 0 Å². The van der Waals surface area contributed by atoms with Gasteiger partial charge in [-0.25, -0.2) is 13.1 Å². The molecule has 2 aromatic rings. The summed E-state index contributed by atoms with van der Waals surface area (Å²) in [6.07, 6.45) is 2.11. The number of nitrogens with one attached hydrogen (secondary N) is 1. The minimum absolute atomic E-state index is 0.120. The van der Waals surface area contributed by atoms with Crippen molar-refractivity contribution in [1.29, 1.82) is 0 Å². The van der Waals surface area contributed by atoms with E-state index in [-0.39, 0.29) is 16.0 Å². The minimum atomic E-state index is -3.63. The standard InChI is InChI=1S/C14H13BrClNO2S2/c15-10-5-6-13(11(16)8-10)21(18,19)17-14(9-3-4-9)12-2-1-7-20-12/h1-2,5-9,14,17H,3-4H2/t14-/m0/s1. The van der Waals surface area contributed by atoms with Crippen LogP contribution in [0.4, 0.5) is 0 Å². The Labute approximate surface area is 141 Å². The van der Waals surface area contributed by atoms with Crippen LogP contribution in [0.5, 0.6) is 0 Å². The molecule has 112 valence electrons. The van der Waals surface area contributed by atoms with Crippen molar-refractivity contribution in [3.63, 3.8) is 0 Å². The lowest BCUT2D eigenvalue weighted by atomic mass is 10.2. The van der Waals surface area contributed by atoms with Gasteiger partial charge in [-0.3, -0.25) is 0 Å². The molecule has 1 heterocycles. The fourth-order valence-corrected chi connectivity index (χ4v) is 5.47. The smallest absolute Gasteiger partial charge is 0.207 e. The van der Waals surface area contributed by atoms with E-state index in [1.54, 1.807) is 23.5 Å². The predicted octanol–water partition coefficient (Wildman–Crippen LogP) is 4.59.